The first kappa shape index (κ1) is 16.6. The molecule has 1 unspecified atom stereocenters. The van der Waals surface area contributed by atoms with E-state index in [0.29, 0.717) is 15.6 Å². The summed E-state index contributed by atoms with van der Waals surface area (Å²) in [6, 6.07) is 3.81. The summed E-state index contributed by atoms with van der Waals surface area (Å²) in [6.45, 7) is 1.57. The van der Waals surface area contributed by atoms with Gasteiger partial charge in [0.05, 0.1) is 18.7 Å². The van der Waals surface area contributed by atoms with Crippen LogP contribution in [0, 0.1) is 12.3 Å². The first-order valence-electron chi connectivity index (χ1n) is 6.04. The average molecular weight is 315 g/mol. The quantitative estimate of drug-likeness (QED) is 0.732. The smallest absolute Gasteiger partial charge is 0.315 e. The number of hydrogen-bond donors (Lipinski definition) is 3. The molecule has 0 aromatic heterocycles. The molecule has 4 nitrogen and oxygen atoms in total. The van der Waals surface area contributed by atoms with Crippen LogP contribution in [0.5, 0.6) is 0 Å². The van der Waals surface area contributed by atoms with Crippen LogP contribution in [-0.2, 0) is 0 Å². The second-order valence-electron chi connectivity index (χ2n) is 4.29. The lowest BCUT2D eigenvalue weighted by Gasteiger charge is -2.19. The molecule has 0 bridgehead atoms. The summed E-state index contributed by atoms with van der Waals surface area (Å²) in [5.41, 5.74) is 0.715. The van der Waals surface area contributed by atoms with Crippen LogP contribution in [0.15, 0.2) is 18.2 Å². The standard InChI is InChI=1S/C14H16Cl2N2O2/c1-3-4-11(8-19)18-14(20)17-9(2)12-7-10(15)5-6-13(12)16/h1,5-7,9,11,19H,4,8H2,2H3,(H2,17,18,20)/t9-,11?/m1/s1. The summed E-state index contributed by atoms with van der Waals surface area (Å²) in [5.74, 6) is 2.38. The van der Waals surface area contributed by atoms with Gasteiger partial charge in [-0.25, -0.2) is 4.79 Å². The molecule has 0 heterocycles. The third-order valence-electron chi connectivity index (χ3n) is 2.69. The third kappa shape index (κ3) is 4.93. The van der Waals surface area contributed by atoms with E-state index >= 15 is 0 Å². The van der Waals surface area contributed by atoms with E-state index in [4.69, 9.17) is 34.7 Å². The van der Waals surface area contributed by atoms with Gasteiger partial charge in [0.2, 0.25) is 0 Å². The monoisotopic (exact) mass is 314 g/mol. The SMILES string of the molecule is C#CCC(CO)NC(=O)N[C@H](C)c1cc(Cl)ccc1Cl. The number of carbonyl (C=O) groups excluding carboxylic acids is 1. The minimum Gasteiger partial charge on any atom is -0.394 e. The molecule has 1 rings (SSSR count). The van der Waals surface area contributed by atoms with E-state index in [1.165, 1.54) is 0 Å². The van der Waals surface area contributed by atoms with Gasteiger partial charge < -0.3 is 15.7 Å². The first-order chi connectivity index (χ1) is 9.47. The Morgan fingerprint density at radius 1 is 1.45 bits per heavy atom. The minimum absolute atomic E-state index is 0.218. The van der Waals surface area contributed by atoms with Gasteiger partial charge in [-0.05, 0) is 30.7 Å². The molecule has 1 aromatic rings. The van der Waals surface area contributed by atoms with Crippen LogP contribution >= 0.6 is 23.2 Å². The second kappa shape index (κ2) is 8.01. The average Bonchev–Trinajstić information content (AvgIpc) is 2.40. The van der Waals surface area contributed by atoms with E-state index < -0.39 is 12.1 Å². The van der Waals surface area contributed by atoms with Crippen molar-refractivity contribution in [3.05, 3.63) is 33.8 Å². The van der Waals surface area contributed by atoms with Crippen LogP contribution in [0.2, 0.25) is 10.0 Å². The molecule has 2 atom stereocenters. The van der Waals surface area contributed by atoms with Gasteiger partial charge in [0, 0.05) is 16.5 Å². The molecule has 2 amide bonds. The number of terminal acetylenes is 1. The molecule has 1 aromatic carbocycles. The Bertz CT molecular complexity index is 514. The highest BCUT2D eigenvalue weighted by atomic mass is 35.5. The number of aliphatic hydroxyl groups is 1. The van der Waals surface area contributed by atoms with Gasteiger partial charge >= 0.3 is 6.03 Å². The van der Waals surface area contributed by atoms with Gasteiger partial charge in [-0.1, -0.05) is 23.2 Å². The summed E-state index contributed by atoms with van der Waals surface area (Å²) in [7, 11) is 0. The Balaban J connectivity index is 2.66. The first-order valence-corrected chi connectivity index (χ1v) is 6.79. The van der Waals surface area contributed by atoms with Crippen molar-refractivity contribution in [1.82, 2.24) is 10.6 Å². The summed E-state index contributed by atoms with van der Waals surface area (Å²) in [4.78, 5) is 11.8. The topological polar surface area (TPSA) is 61.4 Å². The zero-order valence-corrected chi connectivity index (χ0v) is 12.5. The van der Waals surface area contributed by atoms with Gasteiger partial charge in [-0.2, -0.15) is 0 Å². The van der Waals surface area contributed by atoms with Crippen molar-refractivity contribution in [2.24, 2.45) is 0 Å². The summed E-state index contributed by atoms with van der Waals surface area (Å²) >= 11 is 12.0. The van der Waals surface area contributed by atoms with Crippen molar-refractivity contribution >= 4 is 29.2 Å². The van der Waals surface area contributed by atoms with E-state index in [-0.39, 0.29) is 19.1 Å². The number of hydrogen-bond acceptors (Lipinski definition) is 2. The highest BCUT2D eigenvalue weighted by molar-refractivity contribution is 6.33. The van der Waals surface area contributed by atoms with Crippen molar-refractivity contribution in [2.45, 2.75) is 25.4 Å². The van der Waals surface area contributed by atoms with Crippen molar-refractivity contribution in [2.75, 3.05) is 6.61 Å². The maximum absolute atomic E-state index is 11.8. The molecule has 0 spiro atoms. The van der Waals surface area contributed by atoms with E-state index in [1.807, 2.05) is 0 Å². The Kier molecular flexibility index (Phi) is 6.66. The number of carbonyl (C=O) groups is 1. The van der Waals surface area contributed by atoms with Gasteiger partial charge in [0.1, 0.15) is 0 Å². The van der Waals surface area contributed by atoms with Crippen LogP contribution in [0.1, 0.15) is 24.9 Å². The van der Waals surface area contributed by atoms with Gasteiger partial charge in [-0.3, -0.25) is 0 Å². The normalized spacial score (nSPS) is 13.2. The van der Waals surface area contributed by atoms with Crippen molar-refractivity contribution < 1.29 is 9.90 Å². The van der Waals surface area contributed by atoms with Crippen molar-refractivity contribution in [3.63, 3.8) is 0 Å². The molecule has 0 saturated heterocycles. The fraction of sp³-hybridized carbons (Fsp3) is 0.357. The Labute approximate surface area is 128 Å². The molecule has 0 saturated carbocycles. The number of nitrogens with one attached hydrogen (secondary N) is 2. The van der Waals surface area contributed by atoms with Gasteiger partial charge in [0.15, 0.2) is 0 Å². The second-order valence-corrected chi connectivity index (χ2v) is 5.14. The zero-order valence-electron chi connectivity index (χ0n) is 11.0. The lowest BCUT2D eigenvalue weighted by Crippen LogP contribution is -2.44. The number of rotatable bonds is 5. The molecule has 6 heteroatoms. The number of halogens is 2. The van der Waals surface area contributed by atoms with Gasteiger partial charge in [-0.15, -0.1) is 12.3 Å². The number of amides is 2. The molecule has 0 fully saturated rings. The lowest BCUT2D eigenvalue weighted by atomic mass is 10.1. The van der Waals surface area contributed by atoms with E-state index in [1.54, 1.807) is 25.1 Å². The molecular formula is C14H16Cl2N2O2. The predicted octanol–water partition coefficient (Wildman–Crippen LogP) is 2.74. The number of benzene rings is 1. The van der Waals surface area contributed by atoms with Crippen LogP contribution in [0.3, 0.4) is 0 Å². The molecule has 0 aliphatic carbocycles. The minimum atomic E-state index is -0.470. The summed E-state index contributed by atoms with van der Waals surface area (Å²) in [5, 5.41) is 15.4. The van der Waals surface area contributed by atoms with Crippen LogP contribution in [0.4, 0.5) is 4.79 Å². The number of urea groups is 1. The predicted molar refractivity (Wildman–Crippen MR) is 80.9 cm³/mol. The van der Waals surface area contributed by atoms with Crippen LogP contribution in [0.25, 0.3) is 0 Å². The molecule has 20 heavy (non-hydrogen) atoms. The molecule has 0 radical (unpaired) electrons. The zero-order chi connectivity index (χ0) is 15.1. The highest BCUT2D eigenvalue weighted by Gasteiger charge is 2.15. The fourth-order valence-electron chi connectivity index (χ4n) is 1.65. The molecule has 3 N–H and O–H groups in total. The fourth-order valence-corrected chi connectivity index (χ4v) is 2.11. The van der Waals surface area contributed by atoms with Crippen LogP contribution < -0.4 is 10.6 Å². The maximum Gasteiger partial charge on any atom is 0.315 e. The summed E-state index contributed by atoms with van der Waals surface area (Å²) in [6.07, 6.45) is 5.40. The highest BCUT2D eigenvalue weighted by Crippen LogP contribution is 2.26. The molecule has 108 valence electrons. The van der Waals surface area contributed by atoms with Gasteiger partial charge in [0.25, 0.3) is 0 Å². The number of aliphatic hydroxyl groups excluding tert-OH is 1. The third-order valence-corrected chi connectivity index (χ3v) is 3.27. The molecule has 0 aliphatic rings. The van der Waals surface area contributed by atoms with E-state index in [0.717, 1.165) is 0 Å². The van der Waals surface area contributed by atoms with Crippen LogP contribution in [-0.4, -0.2) is 23.8 Å². The lowest BCUT2D eigenvalue weighted by molar-refractivity contribution is 0.215. The van der Waals surface area contributed by atoms with E-state index in [2.05, 4.69) is 16.6 Å². The Hall–Kier alpha value is -1.41. The largest absolute Gasteiger partial charge is 0.394 e. The summed E-state index contributed by atoms with van der Waals surface area (Å²) < 4.78 is 0. The van der Waals surface area contributed by atoms with E-state index in [9.17, 15) is 4.79 Å². The molecular weight excluding hydrogens is 299 g/mol. The Morgan fingerprint density at radius 2 is 2.15 bits per heavy atom. The van der Waals surface area contributed by atoms with Crippen molar-refractivity contribution in [1.29, 1.82) is 0 Å². The molecule has 0 aliphatic heterocycles. The maximum atomic E-state index is 11.8. The Morgan fingerprint density at radius 3 is 2.75 bits per heavy atom. The van der Waals surface area contributed by atoms with Crippen molar-refractivity contribution in [3.8, 4) is 12.3 Å².